The van der Waals surface area contributed by atoms with Gasteiger partial charge in [-0.3, -0.25) is 9.59 Å². The van der Waals surface area contributed by atoms with Gasteiger partial charge in [0.1, 0.15) is 12.4 Å². The maximum Gasteiger partial charge on any atom is 0.239 e. The van der Waals surface area contributed by atoms with E-state index in [4.69, 9.17) is 11.6 Å². The molecule has 0 saturated carbocycles. The topological polar surface area (TPSA) is 49.4 Å². The van der Waals surface area contributed by atoms with Crippen molar-refractivity contribution in [3.05, 3.63) is 34.6 Å². The van der Waals surface area contributed by atoms with E-state index in [2.05, 4.69) is 5.32 Å². The zero-order valence-electron chi connectivity index (χ0n) is 11.7. The lowest BCUT2D eigenvalue weighted by atomic mass is 10.1. The monoisotopic (exact) mass is 300 g/mol. The van der Waals surface area contributed by atoms with Crippen molar-refractivity contribution in [1.82, 2.24) is 10.2 Å². The van der Waals surface area contributed by atoms with Gasteiger partial charge in [0.05, 0.1) is 6.04 Å². The van der Waals surface area contributed by atoms with Crippen LogP contribution in [0.1, 0.15) is 31.9 Å². The molecule has 0 saturated heterocycles. The van der Waals surface area contributed by atoms with Crippen LogP contribution in [0.5, 0.6) is 0 Å². The summed E-state index contributed by atoms with van der Waals surface area (Å²) in [6.07, 6.45) is 0.278. The number of nitrogens with one attached hydrogen (secondary N) is 1. The minimum Gasteiger partial charge on any atom is -0.358 e. The van der Waals surface area contributed by atoms with Gasteiger partial charge in [0.15, 0.2) is 0 Å². The molecule has 0 aliphatic rings. The molecule has 2 amide bonds. The summed E-state index contributed by atoms with van der Waals surface area (Å²) in [4.78, 5) is 24.9. The second-order valence-electron chi connectivity index (χ2n) is 4.39. The summed E-state index contributed by atoms with van der Waals surface area (Å²) < 4.78 is 13.1. The molecule has 0 fully saturated rings. The highest BCUT2D eigenvalue weighted by molar-refractivity contribution is 6.31. The van der Waals surface area contributed by atoms with Gasteiger partial charge in [0.2, 0.25) is 11.8 Å². The third-order valence-corrected chi connectivity index (χ3v) is 3.42. The number of rotatable bonds is 5. The van der Waals surface area contributed by atoms with E-state index in [1.54, 1.807) is 13.8 Å². The lowest BCUT2D eigenvalue weighted by Gasteiger charge is -2.29. The molecular formula is C14H18ClFN2O2. The first-order chi connectivity index (χ1) is 9.40. The molecule has 1 atom stereocenters. The van der Waals surface area contributed by atoms with E-state index >= 15 is 0 Å². The van der Waals surface area contributed by atoms with Gasteiger partial charge in [0.25, 0.3) is 0 Å². The smallest absolute Gasteiger partial charge is 0.239 e. The standard InChI is InChI=1S/C14H18ClFN2O2/c1-4-14(20)18(8-13(19)17-3)9(2)11-6-5-10(16)7-12(11)15/h5-7,9H,4,8H2,1-3H3,(H,17,19). The second-order valence-corrected chi connectivity index (χ2v) is 4.80. The van der Waals surface area contributed by atoms with Crippen molar-refractivity contribution in [2.45, 2.75) is 26.3 Å². The van der Waals surface area contributed by atoms with E-state index in [1.165, 1.54) is 30.1 Å². The average molecular weight is 301 g/mol. The number of benzene rings is 1. The molecule has 0 spiro atoms. The van der Waals surface area contributed by atoms with Gasteiger partial charge < -0.3 is 10.2 Å². The third kappa shape index (κ3) is 3.93. The van der Waals surface area contributed by atoms with E-state index in [1.807, 2.05) is 0 Å². The molecule has 0 bridgehead atoms. The summed E-state index contributed by atoms with van der Waals surface area (Å²) in [6, 6.07) is 3.60. The van der Waals surface area contributed by atoms with Gasteiger partial charge >= 0.3 is 0 Å². The van der Waals surface area contributed by atoms with Gasteiger partial charge in [-0.2, -0.15) is 0 Å². The van der Waals surface area contributed by atoms with Crippen LogP contribution in [0.3, 0.4) is 0 Å². The Morgan fingerprint density at radius 1 is 1.45 bits per heavy atom. The molecule has 1 N–H and O–H groups in total. The number of hydrogen-bond donors (Lipinski definition) is 1. The zero-order valence-corrected chi connectivity index (χ0v) is 12.5. The highest BCUT2D eigenvalue weighted by atomic mass is 35.5. The van der Waals surface area contributed by atoms with Crippen molar-refractivity contribution in [3.8, 4) is 0 Å². The lowest BCUT2D eigenvalue weighted by molar-refractivity contribution is -0.137. The van der Waals surface area contributed by atoms with Crippen LogP contribution in [0.4, 0.5) is 4.39 Å². The maximum atomic E-state index is 13.1. The highest BCUT2D eigenvalue weighted by Crippen LogP contribution is 2.28. The number of carbonyl (C=O) groups excluding carboxylic acids is 2. The molecule has 110 valence electrons. The van der Waals surface area contributed by atoms with Gasteiger partial charge in [-0.1, -0.05) is 24.6 Å². The molecule has 6 heteroatoms. The molecule has 1 unspecified atom stereocenters. The van der Waals surface area contributed by atoms with E-state index in [0.29, 0.717) is 5.56 Å². The van der Waals surface area contributed by atoms with Gasteiger partial charge in [-0.25, -0.2) is 4.39 Å². The summed E-state index contributed by atoms with van der Waals surface area (Å²) in [7, 11) is 1.51. The van der Waals surface area contributed by atoms with Crippen LogP contribution in [0.25, 0.3) is 0 Å². The molecule has 0 aliphatic heterocycles. The van der Waals surface area contributed by atoms with Crippen LogP contribution in [-0.2, 0) is 9.59 Å². The summed E-state index contributed by atoms with van der Waals surface area (Å²) in [5.74, 6) is -0.871. The Bertz CT molecular complexity index is 508. The van der Waals surface area contributed by atoms with Gasteiger partial charge in [-0.15, -0.1) is 0 Å². The SMILES string of the molecule is CCC(=O)N(CC(=O)NC)C(C)c1ccc(F)cc1Cl. The molecule has 4 nitrogen and oxygen atoms in total. The molecule has 0 aliphatic carbocycles. The van der Waals surface area contributed by atoms with E-state index in [9.17, 15) is 14.0 Å². The minimum atomic E-state index is -0.439. The first kappa shape index (κ1) is 16.4. The predicted molar refractivity (Wildman–Crippen MR) is 75.9 cm³/mol. The minimum absolute atomic E-state index is 0.0575. The summed E-state index contributed by atoms with van der Waals surface area (Å²) >= 11 is 6.01. The fraction of sp³-hybridized carbons (Fsp3) is 0.429. The maximum absolute atomic E-state index is 13.1. The van der Waals surface area contributed by atoms with Crippen LogP contribution in [0, 0.1) is 5.82 Å². The molecular weight excluding hydrogens is 283 g/mol. The van der Waals surface area contributed by atoms with Crippen molar-refractivity contribution < 1.29 is 14.0 Å². The van der Waals surface area contributed by atoms with E-state index < -0.39 is 11.9 Å². The second kappa shape index (κ2) is 7.24. The largest absolute Gasteiger partial charge is 0.358 e. The number of likely N-dealkylation sites (N-methyl/N-ethyl adjacent to an activating group) is 1. The third-order valence-electron chi connectivity index (χ3n) is 3.10. The molecule has 0 aromatic heterocycles. The fourth-order valence-corrected chi connectivity index (χ4v) is 2.21. The summed E-state index contributed by atoms with van der Waals surface area (Å²) in [6.45, 7) is 3.42. The Balaban J connectivity index is 3.06. The van der Waals surface area contributed by atoms with Crippen LogP contribution in [-0.4, -0.2) is 30.3 Å². The number of carbonyl (C=O) groups is 2. The normalized spacial score (nSPS) is 11.8. The van der Waals surface area contributed by atoms with Crippen molar-refractivity contribution in [2.75, 3.05) is 13.6 Å². The molecule has 1 aromatic rings. The van der Waals surface area contributed by atoms with E-state index in [-0.39, 0.29) is 29.8 Å². The zero-order chi connectivity index (χ0) is 15.3. The number of hydrogen-bond acceptors (Lipinski definition) is 2. The lowest BCUT2D eigenvalue weighted by Crippen LogP contribution is -2.40. The van der Waals surface area contributed by atoms with Crippen LogP contribution >= 0.6 is 11.6 Å². The first-order valence-electron chi connectivity index (χ1n) is 6.35. The van der Waals surface area contributed by atoms with Crippen molar-refractivity contribution in [3.63, 3.8) is 0 Å². The van der Waals surface area contributed by atoms with Gasteiger partial charge in [-0.05, 0) is 24.6 Å². The van der Waals surface area contributed by atoms with Crippen LogP contribution in [0.2, 0.25) is 5.02 Å². The molecule has 1 rings (SSSR count). The Kier molecular flexibility index (Phi) is 5.95. The summed E-state index contributed by atoms with van der Waals surface area (Å²) in [5, 5.41) is 2.72. The highest BCUT2D eigenvalue weighted by Gasteiger charge is 2.24. The predicted octanol–water partition coefficient (Wildman–Crippen LogP) is 2.52. The quantitative estimate of drug-likeness (QED) is 0.908. The Labute approximate surface area is 122 Å². The van der Waals surface area contributed by atoms with E-state index in [0.717, 1.165) is 0 Å². The fourth-order valence-electron chi connectivity index (χ4n) is 1.89. The average Bonchev–Trinajstić information content (AvgIpc) is 2.42. The Morgan fingerprint density at radius 2 is 2.10 bits per heavy atom. The van der Waals surface area contributed by atoms with Crippen molar-refractivity contribution in [2.24, 2.45) is 0 Å². The number of halogens is 2. The summed E-state index contributed by atoms with van der Waals surface area (Å²) in [5.41, 5.74) is 0.610. The molecule has 0 heterocycles. The molecule has 0 radical (unpaired) electrons. The first-order valence-corrected chi connectivity index (χ1v) is 6.73. The number of amides is 2. The molecule has 1 aromatic carbocycles. The van der Waals surface area contributed by atoms with Crippen molar-refractivity contribution in [1.29, 1.82) is 0 Å². The molecule has 20 heavy (non-hydrogen) atoms. The Morgan fingerprint density at radius 3 is 2.60 bits per heavy atom. The van der Waals surface area contributed by atoms with Crippen molar-refractivity contribution >= 4 is 23.4 Å². The van der Waals surface area contributed by atoms with Crippen LogP contribution < -0.4 is 5.32 Å². The van der Waals surface area contributed by atoms with Gasteiger partial charge in [0, 0.05) is 18.5 Å². The van der Waals surface area contributed by atoms with Crippen LogP contribution in [0.15, 0.2) is 18.2 Å². The Hall–Kier alpha value is -1.62. The number of nitrogens with zero attached hydrogens (tertiary/aromatic N) is 1.